The summed E-state index contributed by atoms with van der Waals surface area (Å²) >= 11 is 0. The first-order chi connectivity index (χ1) is 12.3. The third kappa shape index (κ3) is 5.26. The Morgan fingerprint density at radius 3 is 2.96 bits per heavy atom. The van der Waals surface area contributed by atoms with Gasteiger partial charge >= 0.3 is 0 Å². The van der Waals surface area contributed by atoms with E-state index in [2.05, 4.69) is 15.3 Å². The second-order valence-corrected chi connectivity index (χ2v) is 6.15. The van der Waals surface area contributed by atoms with E-state index in [-0.39, 0.29) is 18.6 Å². The molecule has 1 amide bonds. The predicted octanol–water partition coefficient (Wildman–Crippen LogP) is 2.03. The Balaban J connectivity index is 1.68. The Kier molecular flexibility index (Phi) is 6.34. The van der Waals surface area contributed by atoms with Gasteiger partial charge in [-0.2, -0.15) is 0 Å². The number of aromatic nitrogens is 2. The number of carbonyl (C=O) groups excluding carboxylic acids is 1. The van der Waals surface area contributed by atoms with Gasteiger partial charge in [-0.05, 0) is 56.6 Å². The van der Waals surface area contributed by atoms with Crippen LogP contribution in [0.1, 0.15) is 25.0 Å². The minimum Gasteiger partial charge on any atom is -0.482 e. The lowest BCUT2D eigenvalue weighted by Gasteiger charge is -2.31. The Labute approximate surface area is 148 Å². The van der Waals surface area contributed by atoms with Gasteiger partial charge in [-0.3, -0.25) is 14.8 Å². The van der Waals surface area contributed by atoms with Crippen LogP contribution in [0.5, 0.6) is 5.75 Å². The molecule has 25 heavy (non-hydrogen) atoms. The molecule has 132 valence electrons. The maximum Gasteiger partial charge on any atom is 0.261 e. The van der Waals surface area contributed by atoms with E-state index >= 15 is 0 Å². The fraction of sp³-hybridized carbons (Fsp3) is 0.421. The normalized spacial score (nSPS) is 17.5. The van der Waals surface area contributed by atoms with Crippen LogP contribution in [0.4, 0.5) is 0 Å². The number of pyridine rings is 2. The number of rotatable bonds is 6. The standard InChI is InChI=1S/C19H24N4O2/c24-19(15-25-18-7-4-10-21-13-18)23(14-16-5-1-2-11-22-16)17-6-3-9-20-12-8-17/h1-2,4-5,7,10-11,13,17,20H,3,6,8-9,12,14-15H2/t17-/m1/s1. The van der Waals surface area contributed by atoms with Gasteiger partial charge in [0.2, 0.25) is 0 Å². The van der Waals surface area contributed by atoms with Crippen molar-refractivity contribution in [2.24, 2.45) is 0 Å². The van der Waals surface area contributed by atoms with E-state index in [0.717, 1.165) is 38.0 Å². The lowest BCUT2D eigenvalue weighted by molar-refractivity contribution is -0.136. The van der Waals surface area contributed by atoms with Crippen LogP contribution in [-0.4, -0.2) is 46.5 Å². The molecular formula is C19H24N4O2. The second kappa shape index (κ2) is 9.13. The first-order valence-electron chi connectivity index (χ1n) is 8.76. The molecule has 0 saturated carbocycles. The van der Waals surface area contributed by atoms with Gasteiger partial charge in [0, 0.05) is 18.4 Å². The molecule has 0 spiro atoms. The van der Waals surface area contributed by atoms with E-state index in [1.165, 1.54) is 0 Å². The molecular weight excluding hydrogens is 316 g/mol. The van der Waals surface area contributed by atoms with Crippen LogP contribution in [-0.2, 0) is 11.3 Å². The van der Waals surface area contributed by atoms with E-state index in [0.29, 0.717) is 12.3 Å². The van der Waals surface area contributed by atoms with E-state index in [9.17, 15) is 4.79 Å². The summed E-state index contributed by atoms with van der Waals surface area (Å²) in [6, 6.07) is 9.60. The Hall–Kier alpha value is -2.47. The average Bonchev–Trinajstić information content (AvgIpc) is 2.95. The minimum atomic E-state index is -0.0126. The predicted molar refractivity (Wildman–Crippen MR) is 95.0 cm³/mol. The molecule has 1 aliphatic heterocycles. The highest BCUT2D eigenvalue weighted by Crippen LogP contribution is 2.17. The van der Waals surface area contributed by atoms with Crippen molar-refractivity contribution in [3.63, 3.8) is 0 Å². The van der Waals surface area contributed by atoms with Gasteiger partial charge in [0.1, 0.15) is 5.75 Å². The van der Waals surface area contributed by atoms with E-state index < -0.39 is 0 Å². The summed E-state index contributed by atoms with van der Waals surface area (Å²) in [5.41, 5.74) is 0.898. The van der Waals surface area contributed by atoms with Crippen molar-refractivity contribution in [1.82, 2.24) is 20.2 Å². The van der Waals surface area contributed by atoms with Crippen molar-refractivity contribution in [2.45, 2.75) is 31.8 Å². The topological polar surface area (TPSA) is 67.3 Å². The maximum absolute atomic E-state index is 12.9. The molecule has 0 radical (unpaired) electrons. The largest absolute Gasteiger partial charge is 0.482 e. The molecule has 0 unspecified atom stereocenters. The molecule has 1 atom stereocenters. The maximum atomic E-state index is 12.9. The van der Waals surface area contributed by atoms with E-state index in [4.69, 9.17) is 4.74 Å². The molecule has 0 aromatic carbocycles. The van der Waals surface area contributed by atoms with Gasteiger partial charge in [-0.25, -0.2) is 0 Å². The summed E-state index contributed by atoms with van der Waals surface area (Å²) in [5, 5.41) is 3.40. The molecule has 6 heteroatoms. The highest BCUT2D eigenvalue weighted by molar-refractivity contribution is 5.78. The number of nitrogens with one attached hydrogen (secondary N) is 1. The van der Waals surface area contributed by atoms with Crippen LogP contribution in [0.15, 0.2) is 48.9 Å². The van der Waals surface area contributed by atoms with Crippen molar-refractivity contribution in [2.75, 3.05) is 19.7 Å². The fourth-order valence-electron chi connectivity index (χ4n) is 3.06. The summed E-state index contributed by atoms with van der Waals surface area (Å²) in [6.45, 7) is 2.47. The van der Waals surface area contributed by atoms with Crippen LogP contribution in [0.25, 0.3) is 0 Å². The number of ether oxygens (including phenoxy) is 1. The molecule has 0 bridgehead atoms. The van der Waals surface area contributed by atoms with Crippen molar-refractivity contribution in [3.8, 4) is 5.75 Å². The lowest BCUT2D eigenvalue weighted by Crippen LogP contribution is -2.43. The van der Waals surface area contributed by atoms with Crippen molar-refractivity contribution < 1.29 is 9.53 Å². The van der Waals surface area contributed by atoms with Crippen molar-refractivity contribution in [1.29, 1.82) is 0 Å². The Morgan fingerprint density at radius 1 is 1.20 bits per heavy atom. The lowest BCUT2D eigenvalue weighted by atomic mass is 10.1. The highest BCUT2D eigenvalue weighted by Gasteiger charge is 2.25. The SMILES string of the molecule is O=C(COc1cccnc1)N(Cc1ccccn1)[C@@H]1CCCNCC1. The van der Waals surface area contributed by atoms with Gasteiger partial charge in [-0.1, -0.05) is 6.07 Å². The summed E-state index contributed by atoms with van der Waals surface area (Å²) in [4.78, 5) is 23.2. The Morgan fingerprint density at radius 2 is 2.16 bits per heavy atom. The zero-order valence-electron chi connectivity index (χ0n) is 14.3. The molecule has 2 aromatic heterocycles. The quantitative estimate of drug-likeness (QED) is 0.871. The second-order valence-electron chi connectivity index (χ2n) is 6.15. The van der Waals surface area contributed by atoms with Crippen LogP contribution >= 0.6 is 0 Å². The van der Waals surface area contributed by atoms with Crippen LogP contribution in [0.3, 0.4) is 0 Å². The molecule has 1 fully saturated rings. The van der Waals surface area contributed by atoms with E-state index in [1.54, 1.807) is 30.7 Å². The zero-order valence-corrected chi connectivity index (χ0v) is 14.3. The van der Waals surface area contributed by atoms with Gasteiger partial charge in [0.25, 0.3) is 5.91 Å². The van der Waals surface area contributed by atoms with Crippen LogP contribution < -0.4 is 10.1 Å². The molecule has 2 aromatic rings. The van der Waals surface area contributed by atoms with Crippen LogP contribution in [0, 0.1) is 0 Å². The molecule has 1 aliphatic rings. The third-order valence-electron chi connectivity index (χ3n) is 4.36. The molecule has 6 nitrogen and oxygen atoms in total. The summed E-state index contributed by atoms with van der Waals surface area (Å²) in [7, 11) is 0. The minimum absolute atomic E-state index is 0.0126. The average molecular weight is 340 g/mol. The van der Waals surface area contributed by atoms with Gasteiger partial charge in [0.15, 0.2) is 6.61 Å². The molecule has 1 saturated heterocycles. The highest BCUT2D eigenvalue weighted by atomic mass is 16.5. The molecule has 3 heterocycles. The van der Waals surface area contributed by atoms with E-state index in [1.807, 2.05) is 23.1 Å². The number of carbonyl (C=O) groups is 1. The summed E-state index contributed by atoms with van der Waals surface area (Å²) in [6.07, 6.45) is 8.08. The van der Waals surface area contributed by atoms with Gasteiger partial charge in [-0.15, -0.1) is 0 Å². The zero-order chi connectivity index (χ0) is 17.3. The summed E-state index contributed by atoms with van der Waals surface area (Å²) in [5.74, 6) is 0.595. The number of nitrogens with zero attached hydrogens (tertiary/aromatic N) is 3. The first kappa shape index (κ1) is 17.4. The smallest absolute Gasteiger partial charge is 0.261 e. The van der Waals surface area contributed by atoms with Gasteiger partial charge < -0.3 is 15.0 Å². The Bertz CT molecular complexity index is 643. The van der Waals surface area contributed by atoms with Crippen molar-refractivity contribution >= 4 is 5.91 Å². The monoisotopic (exact) mass is 340 g/mol. The third-order valence-corrected chi connectivity index (χ3v) is 4.36. The summed E-state index contributed by atoms with van der Waals surface area (Å²) < 4.78 is 5.62. The van der Waals surface area contributed by atoms with Crippen molar-refractivity contribution in [3.05, 3.63) is 54.6 Å². The molecule has 0 aliphatic carbocycles. The first-order valence-corrected chi connectivity index (χ1v) is 8.76. The van der Waals surface area contributed by atoms with Crippen LogP contribution in [0.2, 0.25) is 0 Å². The number of hydrogen-bond acceptors (Lipinski definition) is 5. The number of hydrogen-bond donors (Lipinski definition) is 1. The molecule has 1 N–H and O–H groups in total. The number of amides is 1. The van der Waals surface area contributed by atoms with Gasteiger partial charge in [0.05, 0.1) is 18.4 Å². The molecule has 3 rings (SSSR count). The fourth-order valence-corrected chi connectivity index (χ4v) is 3.06.